The van der Waals surface area contributed by atoms with Gasteiger partial charge in [-0.15, -0.1) is 11.8 Å². The van der Waals surface area contributed by atoms with Crippen molar-refractivity contribution in [1.29, 1.82) is 0 Å². The highest BCUT2D eigenvalue weighted by atomic mass is 32.2. The number of fused-ring (bicyclic) bond motifs is 1. The summed E-state index contributed by atoms with van der Waals surface area (Å²) in [5.74, 6) is 4.88. The number of nitrogens with one attached hydrogen (secondary N) is 1. The van der Waals surface area contributed by atoms with Gasteiger partial charge in [0.25, 0.3) is 5.91 Å². The smallest absolute Gasteiger partial charge is 0.328 e. The third-order valence-electron chi connectivity index (χ3n) is 6.18. The van der Waals surface area contributed by atoms with Crippen molar-refractivity contribution in [2.24, 2.45) is 5.41 Å². The Morgan fingerprint density at radius 3 is 2.42 bits per heavy atom. The quantitative estimate of drug-likeness (QED) is 0.141. The van der Waals surface area contributed by atoms with Crippen LogP contribution in [-0.2, 0) is 19.1 Å². The molecule has 1 N–H and O–H groups in total. The maximum Gasteiger partial charge on any atom is 0.328 e. The van der Waals surface area contributed by atoms with Gasteiger partial charge in [0.05, 0.1) is 29.7 Å². The van der Waals surface area contributed by atoms with Gasteiger partial charge in [-0.1, -0.05) is 39.5 Å². The van der Waals surface area contributed by atoms with Crippen LogP contribution in [0.25, 0.3) is 11.0 Å². The molecule has 3 rings (SSSR count). The van der Waals surface area contributed by atoms with Gasteiger partial charge < -0.3 is 14.8 Å². The van der Waals surface area contributed by atoms with Crippen molar-refractivity contribution in [1.82, 2.24) is 20.3 Å². The largest absolute Gasteiger partial charge is 0.466 e. The Labute approximate surface area is 255 Å². The molecule has 10 nitrogen and oxygen atoms in total. The number of ketones is 1. The van der Waals surface area contributed by atoms with Crippen LogP contribution in [0.1, 0.15) is 86.2 Å². The van der Waals surface area contributed by atoms with E-state index in [1.807, 2.05) is 6.92 Å². The number of ether oxygens (including phenoxy) is 2. The van der Waals surface area contributed by atoms with E-state index in [1.165, 1.54) is 18.1 Å². The average Bonchev–Trinajstić information content (AvgIpc) is 2.97. The van der Waals surface area contributed by atoms with E-state index in [1.54, 1.807) is 65.2 Å². The maximum absolute atomic E-state index is 14.0. The first-order valence-electron chi connectivity index (χ1n) is 14.1. The van der Waals surface area contributed by atoms with Crippen molar-refractivity contribution < 1.29 is 28.7 Å². The fourth-order valence-electron chi connectivity index (χ4n) is 4.13. The van der Waals surface area contributed by atoms with Gasteiger partial charge in [-0.05, 0) is 44.2 Å². The number of carbonyl (C=O) groups is 4. The van der Waals surface area contributed by atoms with Gasteiger partial charge in [0.1, 0.15) is 12.4 Å². The van der Waals surface area contributed by atoms with Crippen LogP contribution in [-0.4, -0.2) is 63.6 Å². The first kappa shape index (κ1) is 33.2. The molecule has 0 saturated heterocycles. The van der Waals surface area contributed by atoms with Crippen molar-refractivity contribution in [2.75, 3.05) is 19.0 Å². The second kappa shape index (κ2) is 15.3. The van der Waals surface area contributed by atoms with E-state index in [2.05, 4.69) is 32.1 Å². The lowest BCUT2D eigenvalue weighted by Crippen LogP contribution is -2.43. The number of esters is 2. The van der Waals surface area contributed by atoms with E-state index in [-0.39, 0.29) is 43.0 Å². The summed E-state index contributed by atoms with van der Waals surface area (Å²) in [5, 5.41) is 3.34. The monoisotopic (exact) mass is 604 g/mol. The molecule has 226 valence electrons. The summed E-state index contributed by atoms with van der Waals surface area (Å²) in [6.07, 6.45) is 4.49. The van der Waals surface area contributed by atoms with E-state index in [0.29, 0.717) is 27.9 Å². The highest BCUT2D eigenvalue weighted by molar-refractivity contribution is 7.99. The number of pyridine rings is 1. The summed E-state index contributed by atoms with van der Waals surface area (Å²) < 4.78 is 10.1. The number of benzene rings is 1. The van der Waals surface area contributed by atoms with Gasteiger partial charge in [0.2, 0.25) is 0 Å². The Hall–Kier alpha value is -4.30. The number of hydrogen-bond acceptors (Lipinski definition) is 10. The molecule has 2 heterocycles. The minimum absolute atomic E-state index is 0.0282. The van der Waals surface area contributed by atoms with Crippen LogP contribution in [0, 0.1) is 17.3 Å². The van der Waals surface area contributed by atoms with Crippen LogP contribution < -0.4 is 5.32 Å². The summed E-state index contributed by atoms with van der Waals surface area (Å²) in [6, 6.07) is 3.93. The van der Waals surface area contributed by atoms with E-state index in [4.69, 9.17) is 9.47 Å². The third-order valence-corrected chi connectivity index (χ3v) is 7.12. The van der Waals surface area contributed by atoms with E-state index in [0.717, 1.165) is 4.90 Å². The number of hydrogen-bond donors (Lipinski definition) is 1. The topological polar surface area (TPSA) is 137 Å². The molecule has 0 aliphatic rings. The summed E-state index contributed by atoms with van der Waals surface area (Å²) >= 11 is 1.50. The first-order chi connectivity index (χ1) is 20.5. The summed E-state index contributed by atoms with van der Waals surface area (Å²) in [4.78, 5) is 65.7. The zero-order valence-corrected chi connectivity index (χ0v) is 26.1. The highest BCUT2D eigenvalue weighted by Gasteiger charge is 2.32. The lowest BCUT2D eigenvalue weighted by molar-refractivity contribution is -0.146. The van der Waals surface area contributed by atoms with Crippen LogP contribution in [0.3, 0.4) is 0 Å². The predicted molar refractivity (Wildman–Crippen MR) is 164 cm³/mol. The molecule has 0 unspecified atom stereocenters. The predicted octanol–water partition coefficient (Wildman–Crippen LogP) is 4.77. The Kier molecular flexibility index (Phi) is 11.8. The number of carbonyl (C=O) groups excluding carboxylic acids is 4. The van der Waals surface area contributed by atoms with Crippen LogP contribution >= 0.6 is 11.8 Å². The Morgan fingerprint density at radius 2 is 1.74 bits per heavy atom. The molecule has 1 aromatic carbocycles. The van der Waals surface area contributed by atoms with Gasteiger partial charge >= 0.3 is 11.9 Å². The van der Waals surface area contributed by atoms with Crippen molar-refractivity contribution >= 4 is 46.4 Å². The lowest BCUT2D eigenvalue weighted by atomic mass is 9.82. The molecule has 0 fully saturated rings. The minimum atomic E-state index is -1.13. The fourth-order valence-corrected chi connectivity index (χ4v) is 4.91. The average molecular weight is 605 g/mol. The molecule has 2 aromatic heterocycles. The van der Waals surface area contributed by atoms with Gasteiger partial charge in [0, 0.05) is 40.3 Å². The SMILES string of the molecule is CCOC(=O)CC[C@H](NC(=O)c1ccc(SCC)c(C#Cc2ccnc3ncncc23)c1C(=O)C(C)(C)C)C(=O)OCC. The molecule has 0 saturated carbocycles. The molecule has 0 aliphatic carbocycles. The molecular weight excluding hydrogens is 568 g/mol. The zero-order chi connectivity index (χ0) is 31.6. The molecule has 0 spiro atoms. The summed E-state index contributed by atoms with van der Waals surface area (Å²) in [5.41, 5.74) is 0.861. The van der Waals surface area contributed by atoms with Crippen LogP contribution in [0.15, 0.2) is 41.8 Å². The summed E-state index contributed by atoms with van der Waals surface area (Å²) in [6.45, 7) is 10.9. The van der Waals surface area contributed by atoms with Gasteiger partial charge in [-0.3, -0.25) is 14.4 Å². The van der Waals surface area contributed by atoms with Crippen molar-refractivity contribution in [3.05, 3.63) is 59.2 Å². The molecule has 0 bridgehead atoms. The molecule has 1 amide bonds. The van der Waals surface area contributed by atoms with E-state index in [9.17, 15) is 19.2 Å². The molecular formula is C32H36N4O6S. The second-order valence-corrected chi connectivity index (χ2v) is 11.7. The first-order valence-corrected chi connectivity index (χ1v) is 15.0. The number of nitrogens with zero attached hydrogens (tertiary/aromatic N) is 3. The van der Waals surface area contributed by atoms with Gasteiger partial charge in [0.15, 0.2) is 11.4 Å². The van der Waals surface area contributed by atoms with Crippen molar-refractivity contribution in [3.8, 4) is 11.8 Å². The molecule has 11 heteroatoms. The van der Waals surface area contributed by atoms with Crippen molar-refractivity contribution in [2.45, 2.75) is 65.3 Å². The third kappa shape index (κ3) is 8.61. The number of amides is 1. The maximum atomic E-state index is 14.0. The van der Waals surface area contributed by atoms with Crippen LogP contribution in [0.2, 0.25) is 0 Å². The number of Topliss-reactive ketones (excluding diaryl/α,β-unsaturated/α-hetero) is 1. The molecule has 0 aliphatic heterocycles. The molecule has 3 aromatic rings. The van der Waals surface area contributed by atoms with Gasteiger partial charge in [-0.25, -0.2) is 19.7 Å². The lowest BCUT2D eigenvalue weighted by Gasteiger charge is -2.23. The van der Waals surface area contributed by atoms with Crippen molar-refractivity contribution in [3.63, 3.8) is 0 Å². The van der Waals surface area contributed by atoms with E-state index >= 15 is 0 Å². The second-order valence-electron chi connectivity index (χ2n) is 10.4. The van der Waals surface area contributed by atoms with Gasteiger partial charge in [-0.2, -0.15) is 0 Å². The normalized spacial score (nSPS) is 11.7. The van der Waals surface area contributed by atoms with E-state index < -0.39 is 29.3 Å². The van der Waals surface area contributed by atoms with Crippen LogP contribution in [0.5, 0.6) is 0 Å². The standard InChI is InChI=1S/C32H36N4O6S/c1-7-41-26(37)15-13-24(31(40)42-8-2)36-30(39)22-12-14-25(43-9-3)21(27(22)28(38)32(4,5)6)11-10-20-16-17-34-29-23(20)18-33-19-35-29/h12,14,16-19,24H,7-9,13,15H2,1-6H3,(H,36,39)/t24-/m0/s1. The number of aromatic nitrogens is 3. The molecule has 0 radical (unpaired) electrons. The molecule has 1 atom stereocenters. The number of thioether (sulfide) groups is 1. The summed E-state index contributed by atoms with van der Waals surface area (Å²) in [7, 11) is 0. The highest BCUT2D eigenvalue weighted by Crippen LogP contribution is 2.32. The number of rotatable bonds is 11. The minimum Gasteiger partial charge on any atom is -0.466 e. The molecule has 43 heavy (non-hydrogen) atoms. The van der Waals surface area contributed by atoms with Crippen LogP contribution in [0.4, 0.5) is 0 Å². The Morgan fingerprint density at radius 1 is 1.00 bits per heavy atom. The zero-order valence-electron chi connectivity index (χ0n) is 25.3. The Balaban J connectivity index is 2.16. The Bertz CT molecular complexity index is 1570. The fraction of sp³-hybridized carbons (Fsp3) is 0.406.